The zero-order valence-corrected chi connectivity index (χ0v) is 16.4. The molecule has 3 heterocycles. The fourth-order valence-electron chi connectivity index (χ4n) is 3.55. The Kier molecular flexibility index (Phi) is 5.15. The van der Waals surface area contributed by atoms with E-state index in [9.17, 15) is 9.59 Å². The number of nitrogens with two attached hydrogens (primary N) is 1. The standard InChI is InChI=1S/C20H22N4O3S/c1-27-14-4-2-12(3-5-14)16-10-15-18(28-16)20(26)23-17(22-15)11-24-8-6-13(7-9-24)19(21)25/h2-5,10,13H,6-9,11H2,1H3,(H2,21,25)(H,22,23,26). The van der Waals surface area contributed by atoms with Crippen molar-refractivity contribution in [1.82, 2.24) is 14.9 Å². The summed E-state index contributed by atoms with van der Waals surface area (Å²) in [5.74, 6) is 1.17. The normalized spacial score (nSPS) is 15.8. The molecule has 1 amide bonds. The molecule has 7 nitrogen and oxygen atoms in total. The molecule has 1 aliphatic heterocycles. The topological polar surface area (TPSA) is 101 Å². The molecule has 0 spiro atoms. The zero-order valence-electron chi connectivity index (χ0n) is 15.6. The number of ether oxygens (including phenoxy) is 1. The van der Waals surface area contributed by atoms with Gasteiger partial charge in [-0.25, -0.2) is 4.98 Å². The van der Waals surface area contributed by atoms with Crippen LogP contribution in [-0.2, 0) is 11.3 Å². The van der Waals surface area contributed by atoms with Crippen molar-refractivity contribution in [3.63, 3.8) is 0 Å². The van der Waals surface area contributed by atoms with E-state index in [0.717, 1.165) is 42.1 Å². The van der Waals surface area contributed by atoms with Gasteiger partial charge < -0.3 is 15.5 Å². The fourth-order valence-corrected chi connectivity index (χ4v) is 4.55. The molecule has 0 atom stereocenters. The third kappa shape index (κ3) is 3.79. The van der Waals surface area contributed by atoms with Gasteiger partial charge in [-0.05, 0) is 61.8 Å². The molecule has 0 aliphatic carbocycles. The van der Waals surface area contributed by atoms with Gasteiger partial charge in [0.15, 0.2) is 0 Å². The van der Waals surface area contributed by atoms with Crippen molar-refractivity contribution in [2.75, 3.05) is 20.2 Å². The maximum Gasteiger partial charge on any atom is 0.268 e. The zero-order chi connectivity index (χ0) is 19.7. The van der Waals surface area contributed by atoms with Crippen LogP contribution in [0.4, 0.5) is 0 Å². The molecule has 28 heavy (non-hydrogen) atoms. The molecule has 1 saturated heterocycles. The summed E-state index contributed by atoms with van der Waals surface area (Å²) >= 11 is 1.44. The molecule has 1 aromatic carbocycles. The van der Waals surface area contributed by atoms with Crippen LogP contribution in [0.5, 0.6) is 5.75 Å². The second-order valence-electron chi connectivity index (χ2n) is 7.02. The second-order valence-corrected chi connectivity index (χ2v) is 8.07. The van der Waals surface area contributed by atoms with Crippen LogP contribution in [0.15, 0.2) is 35.1 Å². The number of amides is 1. The SMILES string of the molecule is COc1ccc(-c2cc3nc(CN4CCC(C(N)=O)CC4)[nH]c(=O)c3s2)cc1. The lowest BCUT2D eigenvalue weighted by molar-refractivity contribution is -0.123. The van der Waals surface area contributed by atoms with Gasteiger partial charge in [0, 0.05) is 10.8 Å². The number of aromatic nitrogens is 2. The number of H-pyrrole nitrogens is 1. The number of hydrogen-bond donors (Lipinski definition) is 2. The molecular formula is C20H22N4O3S. The number of hydrogen-bond acceptors (Lipinski definition) is 6. The molecule has 4 rings (SSSR count). The number of carbonyl (C=O) groups excluding carboxylic acids is 1. The van der Waals surface area contributed by atoms with Gasteiger partial charge in [-0.2, -0.15) is 0 Å². The van der Waals surface area contributed by atoms with E-state index < -0.39 is 0 Å². The van der Waals surface area contributed by atoms with Crippen LogP contribution < -0.4 is 16.0 Å². The monoisotopic (exact) mass is 398 g/mol. The fraction of sp³-hybridized carbons (Fsp3) is 0.350. The highest BCUT2D eigenvalue weighted by atomic mass is 32.1. The van der Waals surface area contributed by atoms with Gasteiger partial charge in [0.05, 0.1) is 19.2 Å². The quantitative estimate of drug-likeness (QED) is 0.687. The number of piperidine rings is 1. The number of rotatable bonds is 5. The van der Waals surface area contributed by atoms with Crippen LogP contribution in [-0.4, -0.2) is 41.0 Å². The molecule has 0 radical (unpaired) electrons. The van der Waals surface area contributed by atoms with Gasteiger partial charge in [-0.3, -0.25) is 14.5 Å². The molecule has 3 aromatic rings. The van der Waals surface area contributed by atoms with Gasteiger partial charge in [-0.15, -0.1) is 11.3 Å². The van der Waals surface area contributed by atoms with Gasteiger partial charge in [-0.1, -0.05) is 0 Å². The summed E-state index contributed by atoms with van der Waals surface area (Å²) in [6.07, 6.45) is 1.50. The van der Waals surface area contributed by atoms with Crippen molar-refractivity contribution < 1.29 is 9.53 Å². The predicted octanol–water partition coefficient (Wildman–Crippen LogP) is 2.36. The number of fused-ring (bicyclic) bond motifs is 1. The lowest BCUT2D eigenvalue weighted by Gasteiger charge is -2.29. The number of likely N-dealkylation sites (tertiary alicyclic amines) is 1. The van der Waals surface area contributed by atoms with E-state index in [4.69, 9.17) is 10.5 Å². The first-order valence-electron chi connectivity index (χ1n) is 9.22. The van der Waals surface area contributed by atoms with Crippen molar-refractivity contribution in [2.45, 2.75) is 19.4 Å². The molecule has 1 aliphatic rings. The number of primary amides is 1. The first-order valence-corrected chi connectivity index (χ1v) is 10.0. The van der Waals surface area contributed by atoms with E-state index >= 15 is 0 Å². The van der Waals surface area contributed by atoms with Crippen LogP contribution in [0.1, 0.15) is 18.7 Å². The Labute approximate surface area is 166 Å². The summed E-state index contributed by atoms with van der Waals surface area (Å²) in [6, 6.07) is 9.71. The third-order valence-corrected chi connectivity index (χ3v) is 6.34. The van der Waals surface area contributed by atoms with Crippen molar-refractivity contribution >= 4 is 27.5 Å². The van der Waals surface area contributed by atoms with E-state index in [-0.39, 0.29) is 17.4 Å². The lowest BCUT2D eigenvalue weighted by atomic mass is 9.96. The molecule has 146 valence electrons. The maximum absolute atomic E-state index is 12.5. The Hall–Kier alpha value is -2.71. The number of nitrogens with one attached hydrogen (secondary N) is 1. The molecule has 1 fully saturated rings. The Morgan fingerprint density at radius 1 is 1.32 bits per heavy atom. The average molecular weight is 398 g/mol. The summed E-state index contributed by atoms with van der Waals surface area (Å²) in [4.78, 5) is 34.6. The van der Waals surface area contributed by atoms with E-state index in [1.54, 1.807) is 7.11 Å². The summed E-state index contributed by atoms with van der Waals surface area (Å²) in [7, 11) is 1.63. The van der Waals surface area contributed by atoms with Crippen LogP contribution in [0, 0.1) is 5.92 Å². The minimum atomic E-state index is -0.225. The largest absolute Gasteiger partial charge is 0.497 e. The summed E-state index contributed by atoms with van der Waals surface area (Å²) in [5.41, 5.74) is 7.01. The van der Waals surface area contributed by atoms with E-state index in [1.807, 2.05) is 30.3 Å². The van der Waals surface area contributed by atoms with Crippen molar-refractivity contribution in [1.29, 1.82) is 0 Å². The van der Waals surface area contributed by atoms with E-state index in [0.29, 0.717) is 22.6 Å². The van der Waals surface area contributed by atoms with Crippen molar-refractivity contribution in [2.24, 2.45) is 11.7 Å². The van der Waals surface area contributed by atoms with Crippen LogP contribution >= 0.6 is 11.3 Å². The number of carbonyl (C=O) groups is 1. The smallest absolute Gasteiger partial charge is 0.268 e. The first-order chi connectivity index (χ1) is 13.5. The molecule has 0 saturated carbocycles. The van der Waals surface area contributed by atoms with Gasteiger partial charge in [0.2, 0.25) is 5.91 Å². The van der Waals surface area contributed by atoms with Gasteiger partial charge in [0.25, 0.3) is 5.56 Å². The summed E-state index contributed by atoms with van der Waals surface area (Å²) < 4.78 is 5.82. The van der Waals surface area contributed by atoms with E-state index in [1.165, 1.54) is 11.3 Å². The highest BCUT2D eigenvalue weighted by molar-refractivity contribution is 7.22. The second kappa shape index (κ2) is 7.73. The summed E-state index contributed by atoms with van der Waals surface area (Å²) in [5, 5.41) is 0. The van der Waals surface area contributed by atoms with Crippen LogP contribution in [0.25, 0.3) is 20.7 Å². The van der Waals surface area contributed by atoms with Crippen molar-refractivity contribution in [3.05, 3.63) is 46.5 Å². The third-order valence-electron chi connectivity index (χ3n) is 5.17. The Morgan fingerprint density at radius 2 is 2.04 bits per heavy atom. The maximum atomic E-state index is 12.5. The average Bonchev–Trinajstić information content (AvgIpc) is 3.13. The number of thiophene rings is 1. The molecule has 0 unspecified atom stereocenters. The Bertz CT molecular complexity index is 1050. The number of methoxy groups -OCH3 is 1. The number of nitrogens with zero attached hydrogens (tertiary/aromatic N) is 2. The number of aromatic amines is 1. The highest BCUT2D eigenvalue weighted by Crippen LogP contribution is 2.32. The van der Waals surface area contributed by atoms with Gasteiger partial charge >= 0.3 is 0 Å². The first kappa shape index (κ1) is 18.6. The number of benzene rings is 1. The minimum Gasteiger partial charge on any atom is -0.497 e. The highest BCUT2D eigenvalue weighted by Gasteiger charge is 2.23. The molecule has 8 heteroatoms. The minimum absolute atomic E-state index is 0.0466. The summed E-state index contributed by atoms with van der Waals surface area (Å²) in [6.45, 7) is 2.11. The lowest BCUT2D eigenvalue weighted by Crippen LogP contribution is -2.38. The molecular weight excluding hydrogens is 376 g/mol. The Morgan fingerprint density at radius 3 is 2.68 bits per heavy atom. The van der Waals surface area contributed by atoms with Gasteiger partial charge in [0.1, 0.15) is 16.3 Å². The van der Waals surface area contributed by atoms with Crippen LogP contribution in [0.3, 0.4) is 0 Å². The van der Waals surface area contributed by atoms with E-state index in [2.05, 4.69) is 14.9 Å². The molecule has 0 bridgehead atoms. The molecule has 2 aromatic heterocycles. The van der Waals surface area contributed by atoms with Crippen molar-refractivity contribution in [3.8, 4) is 16.2 Å². The van der Waals surface area contributed by atoms with Crippen LogP contribution in [0.2, 0.25) is 0 Å². The molecule has 3 N–H and O–H groups in total. The predicted molar refractivity (Wildman–Crippen MR) is 109 cm³/mol. The Balaban J connectivity index is 1.55.